The largest absolute Gasteiger partial charge is 0.497 e. The van der Waals surface area contributed by atoms with Crippen molar-refractivity contribution in [3.63, 3.8) is 0 Å². The average molecular weight is 304 g/mol. The van der Waals surface area contributed by atoms with Gasteiger partial charge in [-0.1, -0.05) is 12.1 Å². The normalized spacial score (nSPS) is 12.0. The third-order valence-corrected chi connectivity index (χ3v) is 4.16. The lowest BCUT2D eigenvalue weighted by Gasteiger charge is -2.15. The molecule has 21 heavy (non-hydrogen) atoms. The van der Waals surface area contributed by atoms with Crippen molar-refractivity contribution in [1.82, 2.24) is 5.32 Å². The smallest absolute Gasteiger partial charge is 0.221 e. The zero-order valence-corrected chi connectivity index (χ0v) is 13.3. The Bertz CT molecular complexity index is 593. The number of amides is 1. The van der Waals surface area contributed by atoms with Crippen molar-refractivity contribution >= 4 is 22.9 Å². The molecule has 0 saturated carbocycles. The van der Waals surface area contributed by atoms with Crippen molar-refractivity contribution < 1.29 is 9.53 Å². The predicted octanol–water partition coefficient (Wildman–Crippen LogP) is 3.57. The molecule has 0 unspecified atom stereocenters. The van der Waals surface area contributed by atoms with Crippen LogP contribution in [0.4, 0.5) is 5.69 Å². The van der Waals surface area contributed by atoms with Gasteiger partial charge < -0.3 is 15.4 Å². The van der Waals surface area contributed by atoms with E-state index in [2.05, 4.69) is 29.7 Å². The third kappa shape index (κ3) is 4.31. The lowest BCUT2D eigenvalue weighted by molar-refractivity contribution is -0.114. The van der Waals surface area contributed by atoms with Gasteiger partial charge >= 0.3 is 0 Å². The van der Waals surface area contributed by atoms with Crippen LogP contribution in [-0.4, -0.2) is 13.0 Å². The summed E-state index contributed by atoms with van der Waals surface area (Å²) in [5.41, 5.74) is 2.09. The molecule has 2 N–H and O–H groups in total. The monoisotopic (exact) mass is 304 g/mol. The number of ether oxygens (including phenoxy) is 1. The molecule has 0 aliphatic carbocycles. The minimum Gasteiger partial charge on any atom is -0.497 e. The van der Waals surface area contributed by atoms with E-state index >= 15 is 0 Å². The van der Waals surface area contributed by atoms with Gasteiger partial charge in [0.2, 0.25) is 5.91 Å². The summed E-state index contributed by atoms with van der Waals surface area (Å²) in [6.07, 6.45) is 0. The number of methoxy groups -OCH3 is 1. The highest BCUT2D eigenvalue weighted by Crippen LogP contribution is 2.24. The Labute approximate surface area is 129 Å². The number of carbonyl (C=O) groups excluding carboxylic acids is 1. The number of carbonyl (C=O) groups is 1. The Morgan fingerprint density at radius 1 is 1.29 bits per heavy atom. The molecule has 0 aliphatic rings. The minimum atomic E-state index is -0.0437. The minimum absolute atomic E-state index is 0.0437. The van der Waals surface area contributed by atoms with Crippen molar-refractivity contribution in [3.05, 3.63) is 46.2 Å². The van der Waals surface area contributed by atoms with E-state index in [0.29, 0.717) is 0 Å². The van der Waals surface area contributed by atoms with Crippen LogP contribution in [0.1, 0.15) is 30.3 Å². The summed E-state index contributed by atoms with van der Waals surface area (Å²) in [6, 6.07) is 10.2. The standard InChI is InChI=1S/C16H20N2O2S/c1-11(13-4-6-14(20-3)7-5-13)17-10-16-15(8-9-21-16)18-12(2)19/h4-9,11,17H,10H2,1-3H3,(H,18,19)/t11-/m1/s1. The Morgan fingerprint density at radius 3 is 2.62 bits per heavy atom. The van der Waals surface area contributed by atoms with Crippen molar-refractivity contribution in [2.24, 2.45) is 0 Å². The van der Waals surface area contributed by atoms with Gasteiger partial charge in [-0.25, -0.2) is 0 Å². The Balaban J connectivity index is 1.95. The number of thiophene rings is 1. The van der Waals surface area contributed by atoms with Gasteiger partial charge in [-0.2, -0.15) is 0 Å². The quantitative estimate of drug-likeness (QED) is 0.858. The van der Waals surface area contributed by atoms with Gasteiger partial charge in [0.05, 0.1) is 12.8 Å². The zero-order valence-electron chi connectivity index (χ0n) is 12.5. The number of hydrogen-bond donors (Lipinski definition) is 2. The van der Waals surface area contributed by atoms with Crippen LogP contribution >= 0.6 is 11.3 Å². The second kappa shape index (κ2) is 7.24. The second-order valence-corrected chi connectivity index (χ2v) is 5.82. The molecule has 112 valence electrons. The first kappa shape index (κ1) is 15.5. The lowest BCUT2D eigenvalue weighted by Crippen LogP contribution is -2.18. The number of benzene rings is 1. The summed E-state index contributed by atoms with van der Waals surface area (Å²) >= 11 is 1.64. The highest BCUT2D eigenvalue weighted by molar-refractivity contribution is 7.10. The molecule has 1 aromatic carbocycles. The van der Waals surface area contributed by atoms with E-state index in [1.54, 1.807) is 18.4 Å². The highest BCUT2D eigenvalue weighted by Gasteiger charge is 2.09. The zero-order chi connectivity index (χ0) is 15.2. The maximum atomic E-state index is 11.1. The summed E-state index contributed by atoms with van der Waals surface area (Å²) in [5.74, 6) is 0.815. The van der Waals surface area contributed by atoms with Crippen LogP contribution in [0.2, 0.25) is 0 Å². The van der Waals surface area contributed by atoms with E-state index in [1.807, 2.05) is 23.6 Å². The SMILES string of the molecule is COc1ccc([C@@H](C)NCc2sccc2NC(C)=O)cc1. The molecular formula is C16H20N2O2S. The maximum Gasteiger partial charge on any atom is 0.221 e. The van der Waals surface area contributed by atoms with Gasteiger partial charge in [0.1, 0.15) is 5.75 Å². The number of anilines is 1. The molecule has 5 heteroatoms. The van der Waals surface area contributed by atoms with Crippen LogP contribution in [0.15, 0.2) is 35.7 Å². The molecule has 0 bridgehead atoms. The second-order valence-electron chi connectivity index (χ2n) is 4.81. The molecule has 0 saturated heterocycles. The molecule has 1 aromatic heterocycles. The van der Waals surface area contributed by atoms with Crippen LogP contribution in [0, 0.1) is 0 Å². The molecule has 0 spiro atoms. The van der Waals surface area contributed by atoms with Crippen molar-refractivity contribution in [3.8, 4) is 5.75 Å². The van der Waals surface area contributed by atoms with Gasteiger partial charge in [0, 0.05) is 24.4 Å². The Kier molecular flexibility index (Phi) is 5.36. The molecule has 0 radical (unpaired) electrons. The summed E-state index contributed by atoms with van der Waals surface area (Å²) < 4.78 is 5.16. The first-order chi connectivity index (χ1) is 10.1. The molecule has 1 heterocycles. The van der Waals surface area contributed by atoms with E-state index in [1.165, 1.54) is 12.5 Å². The van der Waals surface area contributed by atoms with Gasteiger partial charge in [-0.3, -0.25) is 4.79 Å². The van der Waals surface area contributed by atoms with Crippen LogP contribution in [0.5, 0.6) is 5.75 Å². The number of nitrogens with one attached hydrogen (secondary N) is 2. The summed E-state index contributed by atoms with van der Waals surface area (Å²) in [4.78, 5) is 12.3. The number of hydrogen-bond acceptors (Lipinski definition) is 4. The van der Waals surface area contributed by atoms with Crippen LogP contribution in [-0.2, 0) is 11.3 Å². The molecule has 2 rings (SSSR count). The topological polar surface area (TPSA) is 50.4 Å². The van der Waals surface area contributed by atoms with E-state index in [4.69, 9.17) is 4.74 Å². The van der Waals surface area contributed by atoms with E-state index in [-0.39, 0.29) is 11.9 Å². The molecular weight excluding hydrogens is 284 g/mol. The summed E-state index contributed by atoms with van der Waals surface area (Å²) in [7, 11) is 1.66. The molecule has 4 nitrogen and oxygen atoms in total. The van der Waals surface area contributed by atoms with Crippen LogP contribution in [0.25, 0.3) is 0 Å². The van der Waals surface area contributed by atoms with Gasteiger partial charge in [0.15, 0.2) is 0 Å². The van der Waals surface area contributed by atoms with E-state index in [9.17, 15) is 4.79 Å². The summed E-state index contributed by atoms with van der Waals surface area (Å²) in [6.45, 7) is 4.36. The maximum absolute atomic E-state index is 11.1. The fourth-order valence-electron chi connectivity index (χ4n) is 2.03. The first-order valence-electron chi connectivity index (χ1n) is 6.81. The Hall–Kier alpha value is -1.85. The van der Waals surface area contributed by atoms with Gasteiger partial charge in [-0.05, 0) is 36.1 Å². The van der Waals surface area contributed by atoms with Gasteiger partial charge in [0.25, 0.3) is 0 Å². The molecule has 0 aliphatic heterocycles. The molecule has 1 amide bonds. The summed E-state index contributed by atoms with van der Waals surface area (Å²) in [5, 5.41) is 8.30. The predicted molar refractivity (Wildman–Crippen MR) is 86.9 cm³/mol. The third-order valence-electron chi connectivity index (χ3n) is 3.24. The van der Waals surface area contributed by atoms with Crippen LogP contribution in [0.3, 0.4) is 0 Å². The van der Waals surface area contributed by atoms with Gasteiger partial charge in [-0.15, -0.1) is 11.3 Å². The molecule has 1 atom stereocenters. The van der Waals surface area contributed by atoms with Crippen LogP contribution < -0.4 is 15.4 Å². The van der Waals surface area contributed by atoms with E-state index in [0.717, 1.165) is 22.9 Å². The Morgan fingerprint density at radius 2 is 2.00 bits per heavy atom. The average Bonchev–Trinajstić information content (AvgIpc) is 2.91. The van der Waals surface area contributed by atoms with Crippen molar-refractivity contribution in [2.75, 3.05) is 12.4 Å². The van der Waals surface area contributed by atoms with E-state index < -0.39 is 0 Å². The van der Waals surface area contributed by atoms with Crippen molar-refractivity contribution in [2.45, 2.75) is 26.4 Å². The first-order valence-corrected chi connectivity index (χ1v) is 7.69. The highest BCUT2D eigenvalue weighted by atomic mass is 32.1. The fourth-order valence-corrected chi connectivity index (χ4v) is 2.82. The molecule has 0 fully saturated rings. The molecule has 2 aromatic rings. The van der Waals surface area contributed by atoms with Crippen molar-refractivity contribution in [1.29, 1.82) is 0 Å². The lowest BCUT2D eigenvalue weighted by atomic mass is 10.1. The number of rotatable bonds is 6. The fraction of sp³-hybridized carbons (Fsp3) is 0.312.